The molecule has 0 saturated carbocycles. The van der Waals surface area contributed by atoms with Gasteiger partial charge in [-0.3, -0.25) is 4.79 Å². The largest absolute Gasteiger partial charge is 0.481 e. The predicted octanol–water partition coefficient (Wildman–Crippen LogP) is -0.0271. The average molecular weight is 189 g/mol. The van der Waals surface area contributed by atoms with Gasteiger partial charge in [0.2, 0.25) is 0 Å². The van der Waals surface area contributed by atoms with Gasteiger partial charge < -0.3 is 15.1 Å². The van der Waals surface area contributed by atoms with E-state index in [0.29, 0.717) is 0 Å². The summed E-state index contributed by atoms with van der Waals surface area (Å²) in [6.07, 6.45) is 4.32. The number of carboxylic acid groups (broad SMARTS) is 2. The SMILES string of the molecule is C#CC(=O)O.CC(=O)O.CN(C)C. The highest BCUT2D eigenvalue weighted by atomic mass is 16.4. The van der Waals surface area contributed by atoms with Crippen LogP contribution in [0.3, 0.4) is 0 Å². The van der Waals surface area contributed by atoms with Crippen molar-refractivity contribution < 1.29 is 19.8 Å². The summed E-state index contributed by atoms with van der Waals surface area (Å²) in [4.78, 5) is 20.1. The normalized spacial score (nSPS) is 6.77. The number of carbonyl (C=O) groups is 2. The standard InChI is InChI=1S/C3H9N.C3H2O2.C2H4O2/c1-4(2)3;1-2-3(4)5;1-2(3)4/h1-3H3;1H,(H,4,5);1H3,(H,3,4). The minimum atomic E-state index is -1.22. The maximum absolute atomic E-state index is 9.13. The molecule has 2 N–H and O–H groups in total. The van der Waals surface area contributed by atoms with Gasteiger partial charge in [-0.1, -0.05) is 0 Å². The van der Waals surface area contributed by atoms with E-state index in [-0.39, 0.29) is 0 Å². The molecule has 0 aromatic carbocycles. The highest BCUT2D eigenvalue weighted by Crippen LogP contribution is 1.47. The van der Waals surface area contributed by atoms with E-state index in [1.54, 1.807) is 0 Å². The Morgan fingerprint density at radius 2 is 1.31 bits per heavy atom. The van der Waals surface area contributed by atoms with Crippen molar-refractivity contribution in [3.63, 3.8) is 0 Å². The topological polar surface area (TPSA) is 77.8 Å². The second kappa shape index (κ2) is 13.1. The molecule has 5 nitrogen and oxygen atoms in total. The molecule has 0 aromatic rings. The molecule has 13 heavy (non-hydrogen) atoms. The lowest BCUT2D eigenvalue weighted by Crippen LogP contribution is -1.99. The molecular weight excluding hydrogens is 174 g/mol. The molecule has 76 valence electrons. The molecule has 0 saturated heterocycles. The lowest BCUT2D eigenvalue weighted by molar-refractivity contribution is -0.134. The third-order valence-electron chi connectivity index (χ3n) is 0.123. The van der Waals surface area contributed by atoms with Crippen molar-refractivity contribution >= 4 is 11.9 Å². The number of nitrogens with zero attached hydrogens (tertiary/aromatic N) is 1. The second-order valence-corrected chi connectivity index (χ2v) is 2.31. The summed E-state index contributed by atoms with van der Waals surface area (Å²) in [5, 5.41) is 14.9. The summed E-state index contributed by atoms with van der Waals surface area (Å²) in [6.45, 7) is 1.08. The van der Waals surface area contributed by atoms with Gasteiger partial charge in [-0.15, -0.1) is 6.42 Å². The smallest absolute Gasteiger partial charge is 0.381 e. The van der Waals surface area contributed by atoms with Crippen LogP contribution in [0.2, 0.25) is 0 Å². The van der Waals surface area contributed by atoms with Crippen LogP contribution in [-0.2, 0) is 9.59 Å². The zero-order valence-electron chi connectivity index (χ0n) is 8.24. The maximum atomic E-state index is 9.13. The van der Waals surface area contributed by atoms with Crippen molar-refractivity contribution in [1.29, 1.82) is 0 Å². The van der Waals surface area contributed by atoms with Crippen LogP contribution in [-0.4, -0.2) is 48.2 Å². The minimum absolute atomic E-state index is 0.833. The molecule has 0 fully saturated rings. The zero-order valence-corrected chi connectivity index (χ0v) is 8.24. The number of aliphatic carboxylic acids is 2. The first-order chi connectivity index (χ1) is 5.73. The molecule has 5 heteroatoms. The van der Waals surface area contributed by atoms with Gasteiger partial charge in [0.15, 0.2) is 0 Å². The van der Waals surface area contributed by atoms with Crippen molar-refractivity contribution in [2.75, 3.05) is 21.1 Å². The number of rotatable bonds is 0. The van der Waals surface area contributed by atoms with E-state index in [1.807, 2.05) is 26.0 Å². The molecule has 0 bridgehead atoms. The van der Waals surface area contributed by atoms with Crippen LogP contribution in [0.4, 0.5) is 0 Å². The third kappa shape index (κ3) is 3540. The molecule has 0 spiro atoms. The summed E-state index contributed by atoms with van der Waals surface area (Å²) in [6, 6.07) is 0. The first kappa shape index (κ1) is 17.5. The summed E-state index contributed by atoms with van der Waals surface area (Å²) >= 11 is 0. The zero-order chi connectivity index (χ0) is 11.4. The molecule has 0 amide bonds. The van der Waals surface area contributed by atoms with E-state index in [2.05, 4.69) is 6.42 Å². The van der Waals surface area contributed by atoms with Gasteiger partial charge in [0, 0.05) is 12.8 Å². The Morgan fingerprint density at radius 1 is 1.23 bits per heavy atom. The van der Waals surface area contributed by atoms with Crippen LogP contribution in [0, 0.1) is 12.3 Å². The van der Waals surface area contributed by atoms with Crippen molar-refractivity contribution in [3.05, 3.63) is 0 Å². The van der Waals surface area contributed by atoms with E-state index in [0.717, 1.165) is 6.92 Å². The van der Waals surface area contributed by atoms with Gasteiger partial charge in [-0.05, 0) is 21.1 Å². The van der Waals surface area contributed by atoms with Crippen molar-refractivity contribution in [1.82, 2.24) is 4.90 Å². The Morgan fingerprint density at radius 3 is 1.31 bits per heavy atom. The van der Waals surface area contributed by atoms with E-state index in [9.17, 15) is 0 Å². The third-order valence-corrected chi connectivity index (χ3v) is 0.123. The summed E-state index contributed by atoms with van der Waals surface area (Å²) in [5.74, 6) is -0.606. The van der Waals surface area contributed by atoms with Crippen LogP contribution < -0.4 is 0 Å². The van der Waals surface area contributed by atoms with Gasteiger partial charge in [0.05, 0.1) is 0 Å². The molecule has 0 radical (unpaired) electrons. The van der Waals surface area contributed by atoms with Crippen LogP contribution in [0.15, 0.2) is 0 Å². The van der Waals surface area contributed by atoms with E-state index < -0.39 is 11.9 Å². The molecular formula is C8H15NO4. The number of hydrogen-bond donors (Lipinski definition) is 2. The summed E-state index contributed by atoms with van der Waals surface area (Å²) < 4.78 is 0. The first-order valence-electron chi connectivity index (χ1n) is 3.24. The Balaban J connectivity index is -0.000000117. The molecule has 0 aliphatic rings. The van der Waals surface area contributed by atoms with Crippen molar-refractivity contribution in [2.45, 2.75) is 6.92 Å². The van der Waals surface area contributed by atoms with Gasteiger partial charge in [-0.25, -0.2) is 4.79 Å². The van der Waals surface area contributed by atoms with Crippen LogP contribution in [0.25, 0.3) is 0 Å². The first-order valence-corrected chi connectivity index (χ1v) is 3.24. The minimum Gasteiger partial charge on any atom is -0.481 e. The van der Waals surface area contributed by atoms with E-state index in [4.69, 9.17) is 19.8 Å². The molecule has 0 aromatic heterocycles. The van der Waals surface area contributed by atoms with Crippen LogP contribution in [0.1, 0.15) is 6.92 Å². The fourth-order valence-electron chi connectivity index (χ4n) is 0. The Bertz CT molecular complexity index is 174. The van der Waals surface area contributed by atoms with E-state index >= 15 is 0 Å². The molecule has 0 atom stereocenters. The molecule has 0 aliphatic heterocycles. The molecule has 0 aliphatic carbocycles. The summed E-state index contributed by atoms with van der Waals surface area (Å²) in [5.41, 5.74) is 0. The fraction of sp³-hybridized carbons (Fsp3) is 0.500. The van der Waals surface area contributed by atoms with Crippen molar-refractivity contribution in [2.24, 2.45) is 0 Å². The fourth-order valence-corrected chi connectivity index (χ4v) is 0. The lowest BCUT2D eigenvalue weighted by atomic mass is 10.7. The Labute approximate surface area is 78.0 Å². The van der Waals surface area contributed by atoms with Crippen LogP contribution >= 0.6 is 0 Å². The molecule has 0 heterocycles. The van der Waals surface area contributed by atoms with Gasteiger partial charge in [-0.2, -0.15) is 0 Å². The van der Waals surface area contributed by atoms with Crippen LogP contribution in [0.5, 0.6) is 0 Å². The highest BCUT2D eigenvalue weighted by molar-refractivity contribution is 5.85. The molecule has 0 rings (SSSR count). The number of hydrogen-bond acceptors (Lipinski definition) is 3. The number of carboxylic acids is 2. The molecule has 0 unspecified atom stereocenters. The predicted molar refractivity (Wildman–Crippen MR) is 49.4 cm³/mol. The van der Waals surface area contributed by atoms with Gasteiger partial charge in [0.25, 0.3) is 5.97 Å². The second-order valence-electron chi connectivity index (χ2n) is 2.31. The Kier molecular flexibility index (Phi) is 17.6. The monoisotopic (exact) mass is 189 g/mol. The quantitative estimate of drug-likeness (QED) is 0.523. The Hall–Kier alpha value is -1.54. The van der Waals surface area contributed by atoms with Crippen molar-refractivity contribution in [3.8, 4) is 12.3 Å². The van der Waals surface area contributed by atoms with Gasteiger partial charge >= 0.3 is 5.97 Å². The van der Waals surface area contributed by atoms with Gasteiger partial charge in [0.1, 0.15) is 0 Å². The maximum Gasteiger partial charge on any atom is 0.381 e. The van der Waals surface area contributed by atoms with E-state index in [1.165, 1.54) is 5.92 Å². The average Bonchev–Trinajstić information content (AvgIpc) is 1.84. The lowest BCUT2D eigenvalue weighted by Gasteiger charge is -1.90. The summed E-state index contributed by atoms with van der Waals surface area (Å²) in [7, 11) is 6.00. The highest BCUT2D eigenvalue weighted by Gasteiger charge is 1.74. The number of terminal acetylenes is 1.